The van der Waals surface area contributed by atoms with Crippen LogP contribution in [0.5, 0.6) is 0 Å². The predicted octanol–water partition coefficient (Wildman–Crippen LogP) is 2.48. The molecule has 0 heterocycles. The summed E-state index contributed by atoms with van der Waals surface area (Å²) in [6.45, 7) is 3.94. The van der Waals surface area contributed by atoms with Crippen molar-refractivity contribution in [3.63, 3.8) is 0 Å². The molecule has 0 bridgehead atoms. The normalized spacial score (nSPS) is 9.89. The van der Waals surface area contributed by atoms with Crippen LogP contribution < -0.4 is 5.46 Å². The molecule has 2 rings (SSSR count). The van der Waals surface area contributed by atoms with Gasteiger partial charge in [-0.1, -0.05) is 54.5 Å². The molecule has 0 aliphatic rings. The van der Waals surface area contributed by atoms with Gasteiger partial charge in [0.15, 0.2) is 0 Å². The van der Waals surface area contributed by atoms with Crippen LogP contribution in [0.3, 0.4) is 0 Å². The molecule has 0 saturated heterocycles. The van der Waals surface area contributed by atoms with Crippen LogP contribution in [0.1, 0.15) is 21.5 Å². The van der Waals surface area contributed by atoms with E-state index in [-0.39, 0.29) is 12.6 Å². The van der Waals surface area contributed by atoms with Crippen LogP contribution in [0, 0.1) is 0 Å². The van der Waals surface area contributed by atoms with Gasteiger partial charge in [-0.25, -0.2) is 4.79 Å². The molecule has 2 radical (unpaired) electrons. The molecule has 0 fully saturated rings. The first-order chi connectivity index (χ1) is 9.19. The van der Waals surface area contributed by atoms with Gasteiger partial charge in [0.05, 0.1) is 5.56 Å². The van der Waals surface area contributed by atoms with Gasteiger partial charge in [-0.05, 0) is 23.3 Å². The SMILES string of the molecule is [B]c1ccc(C(=O)OCc2ccc(C=C)cc2)cc1. The van der Waals surface area contributed by atoms with Crippen molar-refractivity contribution in [2.24, 2.45) is 0 Å². The van der Waals surface area contributed by atoms with Gasteiger partial charge >= 0.3 is 5.97 Å². The van der Waals surface area contributed by atoms with Gasteiger partial charge in [0.2, 0.25) is 0 Å². The van der Waals surface area contributed by atoms with Gasteiger partial charge in [-0.3, -0.25) is 0 Å². The lowest BCUT2D eigenvalue weighted by Crippen LogP contribution is -2.08. The van der Waals surface area contributed by atoms with Crippen molar-refractivity contribution in [3.05, 3.63) is 71.8 Å². The minimum atomic E-state index is -0.354. The van der Waals surface area contributed by atoms with Crippen molar-refractivity contribution in [2.75, 3.05) is 0 Å². The zero-order valence-electron chi connectivity index (χ0n) is 10.5. The third-order valence-electron chi connectivity index (χ3n) is 2.73. The van der Waals surface area contributed by atoms with Crippen LogP contribution >= 0.6 is 0 Å². The maximum Gasteiger partial charge on any atom is 0.338 e. The number of esters is 1. The van der Waals surface area contributed by atoms with Crippen molar-refractivity contribution in [1.29, 1.82) is 0 Å². The lowest BCUT2D eigenvalue weighted by atomic mass is 9.95. The standard InChI is InChI=1S/C16H13BO2/c1-2-12-3-5-13(6-4-12)11-19-16(18)14-7-9-15(17)10-8-14/h2-10H,1,11H2. The van der Waals surface area contributed by atoms with E-state index in [1.54, 1.807) is 30.3 Å². The highest BCUT2D eigenvalue weighted by molar-refractivity contribution is 6.32. The number of carbonyl (C=O) groups excluding carboxylic acids is 1. The van der Waals surface area contributed by atoms with E-state index in [0.29, 0.717) is 11.0 Å². The van der Waals surface area contributed by atoms with Crippen molar-refractivity contribution in [1.82, 2.24) is 0 Å². The fraction of sp³-hybridized carbons (Fsp3) is 0.0625. The molecule has 0 saturated carbocycles. The maximum absolute atomic E-state index is 11.8. The Morgan fingerprint density at radius 3 is 2.32 bits per heavy atom. The molecule has 3 heteroatoms. The maximum atomic E-state index is 11.8. The fourth-order valence-electron chi connectivity index (χ4n) is 1.60. The Balaban J connectivity index is 1.96. The summed E-state index contributed by atoms with van der Waals surface area (Å²) in [5, 5.41) is 0. The summed E-state index contributed by atoms with van der Waals surface area (Å²) in [7, 11) is 5.56. The van der Waals surface area contributed by atoms with Crippen LogP contribution in [0.2, 0.25) is 0 Å². The molecule has 2 aromatic carbocycles. The average molecular weight is 248 g/mol. The summed E-state index contributed by atoms with van der Waals surface area (Å²) in [6.07, 6.45) is 1.77. The molecule has 0 aliphatic heterocycles. The minimum absolute atomic E-state index is 0.251. The van der Waals surface area contributed by atoms with Gasteiger partial charge in [0.25, 0.3) is 0 Å². The lowest BCUT2D eigenvalue weighted by molar-refractivity contribution is 0.0473. The number of rotatable bonds is 4. The Kier molecular flexibility index (Phi) is 4.19. The summed E-state index contributed by atoms with van der Waals surface area (Å²) in [5.41, 5.74) is 3.09. The molecule has 0 spiro atoms. The second-order valence-electron chi connectivity index (χ2n) is 4.14. The third-order valence-corrected chi connectivity index (χ3v) is 2.73. The van der Waals surface area contributed by atoms with Gasteiger partial charge in [0.1, 0.15) is 14.5 Å². The molecule has 2 nitrogen and oxygen atoms in total. The zero-order chi connectivity index (χ0) is 13.7. The Morgan fingerprint density at radius 2 is 1.74 bits per heavy atom. The topological polar surface area (TPSA) is 26.3 Å². The summed E-state index contributed by atoms with van der Waals surface area (Å²) >= 11 is 0. The Labute approximate surface area is 114 Å². The summed E-state index contributed by atoms with van der Waals surface area (Å²) < 4.78 is 5.22. The first kappa shape index (κ1) is 13.2. The van der Waals surface area contributed by atoms with Crippen molar-refractivity contribution in [2.45, 2.75) is 6.61 Å². The molecule has 0 aromatic heterocycles. The number of benzene rings is 2. The highest BCUT2D eigenvalue weighted by atomic mass is 16.5. The molecular formula is C16H13BO2. The smallest absolute Gasteiger partial charge is 0.338 e. The van der Waals surface area contributed by atoms with Crippen LogP contribution in [0.25, 0.3) is 6.08 Å². The molecule has 92 valence electrons. The summed E-state index contributed by atoms with van der Waals surface area (Å²) in [6, 6.07) is 14.3. The van der Waals surface area contributed by atoms with E-state index in [0.717, 1.165) is 11.1 Å². The number of hydrogen-bond acceptors (Lipinski definition) is 2. The second kappa shape index (κ2) is 6.05. The van der Waals surface area contributed by atoms with Gasteiger partial charge in [-0.2, -0.15) is 0 Å². The molecule has 0 atom stereocenters. The lowest BCUT2D eigenvalue weighted by Gasteiger charge is -2.05. The third kappa shape index (κ3) is 3.58. The van der Waals surface area contributed by atoms with Crippen LogP contribution in [0.15, 0.2) is 55.1 Å². The molecule has 0 N–H and O–H groups in total. The van der Waals surface area contributed by atoms with Gasteiger partial charge in [0, 0.05) is 0 Å². The fourth-order valence-corrected chi connectivity index (χ4v) is 1.60. The van der Waals surface area contributed by atoms with E-state index in [1.807, 2.05) is 24.3 Å². The van der Waals surface area contributed by atoms with Crippen LogP contribution in [-0.2, 0) is 11.3 Å². The van der Waals surface area contributed by atoms with E-state index < -0.39 is 0 Å². The molecule has 0 unspecified atom stereocenters. The quantitative estimate of drug-likeness (QED) is 0.613. The number of hydrogen-bond donors (Lipinski definition) is 0. The summed E-state index contributed by atoms with van der Waals surface area (Å²) in [5.74, 6) is -0.354. The van der Waals surface area contributed by atoms with E-state index in [1.165, 1.54) is 0 Å². The van der Waals surface area contributed by atoms with Crippen molar-refractivity contribution >= 4 is 25.4 Å². The Morgan fingerprint density at radius 1 is 1.11 bits per heavy atom. The number of ether oxygens (including phenoxy) is 1. The van der Waals surface area contributed by atoms with Crippen molar-refractivity contribution < 1.29 is 9.53 Å². The van der Waals surface area contributed by atoms with Crippen molar-refractivity contribution in [3.8, 4) is 0 Å². The number of carbonyl (C=O) groups is 1. The molecular weight excluding hydrogens is 235 g/mol. The first-order valence-electron chi connectivity index (χ1n) is 5.93. The van der Waals surface area contributed by atoms with E-state index in [9.17, 15) is 4.79 Å². The molecule has 2 aromatic rings. The van der Waals surface area contributed by atoms with E-state index in [2.05, 4.69) is 6.58 Å². The Hall–Kier alpha value is -2.29. The molecule has 0 aliphatic carbocycles. The van der Waals surface area contributed by atoms with Crippen LogP contribution in [0.4, 0.5) is 0 Å². The second-order valence-corrected chi connectivity index (χ2v) is 4.14. The van der Waals surface area contributed by atoms with Gasteiger partial charge in [-0.15, -0.1) is 0 Å². The van der Waals surface area contributed by atoms with Gasteiger partial charge < -0.3 is 4.74 Å². The average Bonchev–Trinajstić information content (AvgIpc) is 2.46. The predicted molar refractivity (Wildman–Crippen MR) is 77.5 cm³/mol. The monoisotopic (exact) mass is 248 g/mol. The van der Waals surface area contributed by atoms with Crippen LogP contribution in [-0.4, -0.2) is 13.8 Å². The highest BCUT2D eigenvalue weighted by Crippen LogP contribution is 2.08. The molecule has 0 amide bonds. The van der Waals surface area contributed by atoms with E-state index >= 15 is 0 Å². The first-order valence-corrected chi connectivity index (χ1v) is 5.93. The largest absolute Gasteiger partial charge is 0.457 e. The van der Waals surface area contributed by atoms with E-state index in [4.69, 9.17) is 12.6 Å². The Bertz CT molecular complexity index is 571. The zero-order valence-corrected chi connectivity index (χ0v) is 10.5. The summed E-state index contributed by atoms with van der Waals surface area (Å²) in [4.78, 5) is 11.8. The highest BCUT2D eigenvalue weighted by Gasteiger charge is 2.06. The molecule has 19 heavy (non-hydrogen) atoms. The minimum Gasteiger partial charge on any atom is -0.457 e.